The van der Waals surface area contributed by atoms with Crippen molar-refractivity contribution in [3.05, 3.63) is 42.5 Å². The van der Waals surface area contributed by atoms with Crippen LogP contribution in [0.5, 0.6) is 17.4 Å². The third-order valence-corrected chi connectivity index (χ3v) is 7.81. The Morgan fingerprint density at radius 2 is 1.65 bits per heavy atom. The van der Waals surface area contributed by atoms with Crippen LogP contribution in [0.3, 0.4) is 0 Å². The van der Waals surface area contributed by atoms with E-state index in [-0.39, 0.29) is 12.3 Å². The molecule has 0 radical (unpaired) electrons. The molecule has 4 aromatic rings. The summed E-state index contributed by atoms with van der Waals surface area (Å²) in [6, 6.07) is 14.0. The fourth-order valence-corrected chi connectivity index (χ4v) is 5.71. The SMILES string of the molecule is COc1ccc(-c2[nH]nc3nc(Nc4ccc(N5CCCCC5OC)cc4)nc(OC4CCCC4)c23)cc1OC. The second kappa shape index (κ2) is 11.6. The summed E-state index contributed by atoms with van der Waals surface area (Å²) in [4.78, 5) is 11.9. The minimum absolute atomic E-state index is 0.119. The maximum Gasteiger partial charge on any atom is 0.232 e. The molecule has 1 unspecified atom stereocenters. The number of aromatic amines is 1. The number of aromatic nitrogens is 4. The smallest absolute Gasteiger partial charge is 0.232 e. The van der Waals surface area contributed by atoms with E-state index in [1.807, 2.05) is 30.3 Å². The third kappa shape index (κ3) is 5.23. The summed E-state index contributed by atoms with van der Waals surface area (Å²) in [6.07, 6.45) is 7.99. The summed E-state index contributed by atoms with van der Waals surface area (Å²) in [5.41, 5.74) is 4.21. The highest BCUT2D eigenvalue weighted by atomic mass is 16.5. The number of hydrogen-bond acceptors (Lipinski definition) is 9. The van der Waals surface area contributed by atoms with E-state index in [2.05, 4.69) is 32.5 Å². The first kappa shape index (κ1) is 26.2. The van der Waals surface area contributed by atoms with Crippen molar-refractivity contribution in [2.24, 2.45) is 0 Å². The normalized spacial score (nSPS) is 17.8. The van der Waals surface area contributed by atoms with Crippen molar-refractivity contribution in [3.8, 4) is 28.6 Å². The van der Waals surface area contributed by atoms with Gasteiger partial charge in [-0.25, -0.2) is 0 Å². The molecule has 210 valence electrons. The molecule has 6 rings (SSSR count). The predicted molar refractivity (Wildman–Crippen MR) is 155 cm³/mol. The van der Waals surface area contributed by atoms with Crippen LogP contribution >= 0.6 is 0 Å². The predicted octanol–water partition coefficient (Wildman–Crippen LogP) is 6.06. The van der Waals surface area contributed by atoms with Crippen LogP contribution < -0.4 is 24.4 Å². The van der Waals surface area contributed by atoms with E-state index < -0.39 is 0 Å². The van der Waals surface area contributed by atoms with Crippen molar-refractivity contribution in [1.29, 1.82) is 0 Å². The number of piperidine rings is 1. The number of hydrogen-bond donors (Lipinski definition) is 2. The number of methoxy groups -OCH3 is 3. The van der Waals surface area contributed by atoms with Crippen LogP contribution in [0.25, 0.3) is 22.3 Å². The van der Waals surface area contributed by atoms with Gasteiger partial charge in [0.15, 0.2) is 17.1 Å². The highest BCUT2D eigenvalue weighted by Gasteiger charge is 2.24. The van der Waals surface area contributed by atoms with E-state index in [4.69, 9.17) is 28.9 Å². The number of H-pyrrole nitrogens is 1. The molecule has 0 spiro atoms. The third-order valence-electron chi connectivity index (χ3n) is 7.81. The molecular formula is C30H36N6O4. The zero-order valence-electron chi connectivity index (χ0n) is 23.3. The number of fused-ring (bicyclic) bond motifs is 1. The van der Waals surface area contributed by atoms with Crippen LogP contribution in [0.2, 0.25) is 0 Å². The Morgan fingerprint density at radius 1 is 0.875 bits per heavy atom. The minimum Gasteiger partial charge on any atom is -0.493 e. The Kier molecular flexibility index (Phi) is 7.59. The average Bonchev–Trinajstić information content (AvgIpc) is 3.67. The summed E-state index contributed by atoms with van der Waals surface area (Å²) in [5.74, 6) is 2.24. The van der Waals surface area contributed by atoms with Gasteiger partial charge in [0.25, 0.3) is 0 Å². The molecule has 10 heteroatoms. The van der Waals surface area contributed by atoms with Crippen molar-refractivity contribution >= 4 is 28.4 Å². The Hall–Kier alpha value is -4.05. The first-order chi connectivity index (χ1) is 19.7. The number of benzene rings is 2. The number of nitrogens with one attached hydrogen (secondary N) is 2. The molecule has 0 bridgehead atoms. The first-order valence-electron chi connectivity index (χ1n) is 14.0. The topological polar surface area (TPSA) is 107 Å². The molecule has 3 heterocycles. The molecule has 2 fully saturated rings. The van der Waals surface area contributed by atoms with E-state index in [9.17, 15) is 0 Å². The fraction of sp³-hybridized carbons (Fsp3) is 0.433. The standard InChI is InChI=1S/C30H36N6O4/c1-37-23-16-11-19(18-24(23)38-2)27-26-28(35-34-27)32-30(33-29(26)40-22-8-4-5-9-22)31-20-12-14-21(15-13-20)36-17-7-6-10-25(36)39-3/h11-16,18,22,25H,4-10,17H2,1-3H3,(H2,31,32,33,34,35). The van der Waals surface area contributed by atoms with Crippen LogP contribution in [0, 0.1) is 0 Å². The highest BCUT2D eigenvalue weighted by Crippen LogP contribution is 2.38. The molecule has 1 saturated heterocycles. The van der Waals surface area contributed by atoms with Crippen LogP contribution in [0.15, 0.2) is 42.5 Å². The Labute approximate surface area is 234 Å². The van der Waals surface area contributed by atoms with E-state index in [1.165, 1.54) is 12.8 Å². The quantitative estimate of drug-likeness (QED) is 0.260. The zero-order chi connectivity index (χ0) is 27.5. The van der Waals surface area contributed by atoms with Gasteiger partial charge in [0.05, 0.1) is 19.9 Å². The van der Waals surface area contributed by atoms with Crippen LogP contribution in [-0.4, -0.2) is 60.4 Å². The van der Waals surface area contributed by atoms with Gasteiger partial charge < -0.3 is 29.2 Å². The lowest BCUT2D eigenvalue weighted by molar-refractivity contribution is 0.0784. The number of anilines is 3. The largest absolute Gasteiger partial charge is 0.493 e. The second-order valence-electron chi connectivity index (χ2n) is 10.3. The Morgan fingerprint density at radius 3 is 2.40 bits per heavy atom. The lowest BCUT2D eigenvalue weighted by Crippen LogP contribution is -2.40. The highest BCUT2D eigenvalue weighted by molar-refractivity contribution is 5.95. The average molecular weight is 545 g/mol. The molecule has 1 saturated carbocycles. The van der Waals surface area contributed by atoms with Crippen LogP contribution in [0.4, 0.5) is 17.3 Å². The molecule has 2 N–H and O–H groups in total. The monoisotopic (exact) mass is 544 g/mol. The van der Waals surface area contributed by atoms with Gasteiger partial charge in [-0.15, -0.1) is 0 Å². The van der Waals surface area contributed by atoms with Gasteiger partial charge in [0.1, 0.15) is 17.7 Å². The lowest BCUT2D eigenvalue weighted by atomic mass is 10.1. The lowest BCUT2D eigenvalue weighted by Gasteiger charge is -2.36. The number of nitrogens with zero attached hydrogens (tertiary/aromatic N) is 4. The van der Waals surface area contributed by atoms with Crippen molar-refractivity contribution in [1.82, 2.24) is 20.2 Å². The molecule has 0 amide bonds. The molecule has 2 aliphatic rings. The molecule has 1 atom stereocenters. The zero-order valence-corrected chi connectivity index (χ0v) is 23.3. The first-order valence-corrected chi connectivity index (χ1v) is 14.0. The van der Waals surface area contributed by atoms with Gasteiger partial charge in [-0.1, -0.05) is 0 Å². The summed E-state index contributed by atoms with van der Waals surface area (Å²) in [6.45, 7) is 0.995. The van der Waals surface area contributed by atoms with Crippen molar-refractivity contribution in [2.75, 3.05) is 38.1 Å². The van der Waals surface area contributed by atoms with E-state index in [0.29, 0.717) is 29.0 Å². The van der Waals surface area contributed by atoms with E-state index in [1.54, 1.807) is 21.3 Å². The molecule has 1 aliphatic carbocycles. The fourth-order valence-electron chi connectivity index (χ4n) is 5.71. The maximum atomic E-state index is 6.48. The Bertz CT molecular complexity index is 1450. The summed E-state index contributed by atoms with van der Waals surface area (Å²) >= 11 is 0. The van der Waals surface area contributed by atoms with Crippen molar-refractivity contribution in [3.63, 3.8) is 0 Å². The van der Waals surface area contributed by atoms with Gasteiger partial charge in [0, 0.05) is 30.6 Å². The van der Waals surface area contributed by atoms with Gasteiger partial charge in [-0.2, -0.15) is 15.1 Å². The number of ether oxygens (including phenoxy) is 4. The van der Waals surface area contributed by atoms with Crippen LogP contribution in [-0.2, 0) is 4.74 Å². The van der Waals surface area contributed by atoms with E-state index in [0.717, 1.165) is 66.7 Å². The second-order valence-corrected chi connectivity index (χ2v) is 10.3. The van der Waals surface area contributed by atoms with Gasteiger partial charge in [0.2, 0.25) is 11.8 Å². The molecular weight excluding hydrogens is 508 g/mol. The van der Waals surface area contributed by atoms with E-state index >= 15 is 0 Å². The van der Waals surface area contributed by atoms with Gasteiger partial charge in [-0.3, -0.25) is 5.10 Å². The molecule has 10 nitrogen and oxygen atoms in total. The molecule has 2 aromatic heterocycles. The van der Waals surface area contributed by atoms with Gasteiger partial charge >= 0.3 is 0 Å². The summed E-state index contributed by atoms with van der Waals surface area (Å²) < 4.78 is 23.1. The van der Waals surface area contributed by atoms with Crippen molar-refractivity contribution < 1.29 is 18.9 Å². The number of rotatable bonds is 9. The summed E-state index contributed by atoms with van der Waals surface area (Å²) in [5, 5.41) is 11.8. The molecule has 1 aliphatic heterocycles. The molecule has 2 aromatic carbocycles. The Balaban J connectivity index is 1.32. The van der Waals surface area contributed by atoms with Crippen molar-refractivity contribution in [2.45, 2.75) is 57.3 Å². The maximum absolute atomic E-state index is 6.48. The minimum atomic E-state index is 0.119. The van der Waals surface area contributed by atoms with Gasteiger partial charge in [-0.05, 0) is 87.4 Å². The molecule has 40 heavy (non-hydrogen) atoms. The summed E-state index contributed by atoms with van der Waals surface area (Å²) in [7, 11) is 5.02. The van der Waals surface area contributed by atoms with Crippen LogP contribution in [0.1, 0.15) is 44.9 Å².